The fourth-order valence-corrected chi connectivity index (χ4v) is 1.84. The zero-order valence-corrected chi connectivity index (χ0v) is 11.5. The van der Waals surface area contributed by atoms with Crippen molar-refractivity contribution in [3.63, 3.8) is 0 Å². The van der Waals surface area contributed by atoms with E-state index in [4.69, 9.17) is 21.9 Å². The number of hydrogen-bond acceptors (Lipinski definition) is 1. The Morgan fingerprint density at radius 1 is 0.522 bits per heavy atom. The highest BCUT2D eigenvalue weighted by atomic mass is 14.9. The first kappa shape index (κ1) is 4.72. The average Bonchev–Trinajstić information content (AvgIpc) is 2.90. The van der Waals surface area contributed by atoms with Gasteiger partial charge >= 0.3 is 0 Å². The van der Waals surface area contributed by atoms with E-state index >= 15 is 0 Å². The van der Waals surface area contributed by atoms with Gasteiger partial charge in [-0.3, -0.25) is 0 Å². The molecule has 1 N–H and O–H groups in total. The molecule has 0 aliphatic heterocycles. The van der Waals surface area contributed by atoms with E-state index in [1.165, 1.54) is 0 Å². The molecule has 1 nitrogen and oxygen atoms in total. The predicted octanol–water partition coefficient (Wildman–Crippen LogP) is 6.25. The molecule has 1 heteroatoms. The maximum absolute atomic E-state index is 8.54. The van der Waals surface area contributed by atoms with Crippen molar-refractivity contribution in [3.05, 3.63) is 96.7 Å². The van der Waals surface area contributed by atoms with Crippen LogP contribution in [0, 0.1) is 0 Å². The molecule has 0 amide bonds. The standard InChI is InChI=1S/C22H17N/c1-2-6-17(7-3-1)19-10-13-21(14-11-19)23-22-15-12-18-8-4-5-9-20(18)16-22/h1-16,23H/i1D,2D,3D,4D,5D,6D,7D,8D,9D,10D,11D,12D,13D,14D,15D,16D. The van der Waals surface area contributed by atoms with E-state index in [0.717, 1.165) is 0 Å². The van der Waals surface area contributed by atoms with Crippen LogP contribution in [0.2, 0.25) is 0 Å². The molecule has 4 aromatic carbocycles. The third kappa shape index (κ3) is 2.95. The molecule has 0 atom stereocenters. The monoisotopic (exact) mass is 311 g/mol. The molecule has 0 spiro atoms. The first-order chi connectivity index (χ1) is 18.1. The molecule has 4 rings (SSSR count). The Balaban J connectivity index is 2.02. The van der Waals surface area contributed by atoms with Gasteiger partial charge in [0.1, 0.15) is 0 Å². The molecule has 0 fully saturated rings. The van der Waals surface area contributed by atoms with Gasteiger partial charge in [0.2, 0.25) is 0 Å². The molecular formula is C22H17N. The summed E-state index contributed by atoms with van der Waals surface area (Å²) in [7, 11) is 0. The minimum atomic E-state index is -0.774. The Hall–Kier alpha value is -3.06. The lowest BCUT2D eigenvalue weighted by atomic mass is 10.1. The molecule has 0 unspecified atom stereocenters. The third-order valence-corrected chi connectivity index (χ3v) is 2.88. The van der Waals surface area contributed by atoms with E-state index in [9.17, 15) is 0 Å². The van der Waals surface area contributed by atoms with E-state index in [2.05, 4.69) is 5.32 Å². The van der Waals surface area contributed by atoms with Crippen LogP contribution in [0.4, 0.5) is 11.4 Å². The second-order valence-electron chi connectivity index (χ2n) is 4.38. The van der Waals surface area contributed by atoms with Crippen LogP contribution in [0.3, 0.4) is 0 Å². The van der Waals surface area contributed by atoms with Gasteiger partial charge in [-0.1, -0.05) is 72.5 Å². The first-order valence-electron chi connectivity index (χ1n) is 14.5. The van der Waals surface area contributed by atoms with Crippen molar-refractivity contribution in [1.29, 1.82) is 0 Å². The summed E-state index contributed by atoms with van der Waals surface area (Å²) < 4.78 is 131. The van der Waals surface area contributed by atoms with Gasteiger partial charge in [-0.15, -0.1) is 0 Å². The van der Waals surface area contributed by atoms with Gasteiger partial charge in [-0.25, -0.2) is 0 Å². The lowest BCUT2D eigenvalue weighted by Crippen LogP contribution is -1.90. The Bertz CT molecular complexity index is 1690. The molecule has 0 saturated heterocycles. The molecule has 0 aliphatic rings. The third-order valence-electron chi connectivity index (χ3n) is 2.88. The van der Waals surface area contributed by atoms with Crippen LogP contribution in [0.25, 0.3) is 21.9 Å². The highest BCUT2D eigenvalue weighted by molar-refractivity contribution is 5.86. The van der Waals surface area contributed by atoms with E-state index in [1.807, 2.05) is 0 Å². The average molecular weight is 311 g/mol. The smallest absolute Gasteiger partial charge is 0.0651 e. The zero-order chi connectivity index (χ0) is 29.4. The molecule has 0 radical (unpaired) electrons. The van der Waals surface area contributed by atoms with Crippen LogP contribution in [-0.4, -0.2) is 0 Å². The molecule has 0 saturated carbocycles. The summed E-state index contributed by atoms with van der Waals surface area (Å²) in [6.07, 6.45) is 0. The van der Waals surface area contributed by atoms with Gasteiger partial charge in [0.25, 0.3) is 0 Å². The second-order valence-corrected chi connectivity index (χ2v) is 4.38. The lowest BCUT2D eigenvalue weighted by molar-refractivity contribution is 1.55. The number of rotatable bonds is 3. The van der Waals surface area contributed by atoms with Gasteiger partial charge in [0.15, 0.2) is 0 Å². The quantitative estimate of drug-likeness (QED) is 0.471. The minimum absolute atomic E-state index is 0.363. The van der Waals surface area contributed by atoms with Crippen molar-refractivity contribution in [2.75, 3.05) is 5.32 Å². The number of benzene rings is 4. The first-order valence-corrected chi connectivity index (χ1v) is 6.50. The molecule has 110 valence electrons. The normalized spacial score (nSPS) is 20.3. The van der Waals surface area contributed by atoms with E-state index in [-0.39, 0.29) is 10.8 Å². The minimum Gasteiger partial charge on any atom is -0.356 e. The number of nitrogens with one attached hydrogen (secondary N) is 1. The van der Waals surface area contributed by atoms with Gasteiger partial charge in [0.05, 0.1) is 21.9 Å². The maximum Gasteiger partial charge on any atom is 0.0651 e. The molecule has 0 bridgehead atoms. The fourth-order valence-electron chi connectivity index (χ4n) is 1.84. The zero-order valence-electron chi connectivity index (χ0n) is 27.5. The van der Waals surface area contributed by atoms with E-state index in [1.54, 1.807) is 0 Å². The summed E-state index contributed by atoms with van der Waals surface area (Å²) in [5, 5.41) is 1.71. The van der Waals surface area contributed by atoms with Gasteiger partial charge in [-0.05, 0) is 46.1 Å². The highest BCUT2D eigenvalue weighted by Gasteiger charge is 1.99. The Morgan fingerprint density at radius 2 is 1.13 bits per heavy atom. The molecular weight excluding hydrogens is 278 g/mol. The Kier molecular flexibility index (Phi) is 1.23. The van der Waals surface area contributed by atoms with Crippen molar-refractivity contribution in [2.45, 2.75) is 0 Å². The van der Waals surface area contributed by atoms with Gasteiger partial charge in [0, 0.05) is 11.4 Å². The van der Waals surface area contributed by atoms with Crippen molar-refractivity contribution < 1.29 is 21.9 Å². The van der Waals surface area contributed by atoms with Crippen LogP contribution in [-0.2, 0) is 0 Å². The summed E-state index contributed by atoms with van der Waals surface area (Å²) in [5.74, 6) is 0. The van der Waals surface area contributed by atoms with Crippen molar-refractivity contribution in [3.8, 4) is 11.1 Å². The fraction of sp³-hybridized carbons (Fsp3) is 0. The maximum atomic E-state index is 8.54. The molecule has 0 aromatic heterocycles. The summed E-state index contributed by atoms with van der Waals surface area (Å²) in [4.78, 5) is 0. The molecule has 0 heterocycles. The second kappa shape index (κ2) is 5.98. The summed E-state index contributed by atoms with van der Waals surface area (Å²) in [6, 6.07) is -11.2. The van der Waals surface area contributed by atoms with Crippen molar-refractivity contribution >= 4 is 22.1 Å². The molecule has 23 heavy (non-hydrogen) atoms. The summed E-state index contributed by atoms with van der Waals surface area (Å²) >= 11 is 0. The number of fused-ring (bicyclic) bond motifs is 1. The topological polar surface area (TPSA) is 12.0 Å². The molecule has 4 aromatic rings. The SMILES string of the molecule is [2H]c1c([2H])c([2H])c(-c2c([2H])c([2H])c(Nc3c([2H])c([2H])c4c([2H])c([2H])c([2H])c([2H])c4c3[2H])c([2H])c2[2H])c([2H])c1[2H]. The van der Waals surface area contributed by atoms with Crippen molar-refractivity contribution in [2.24, 2.45) is 0 Å². The Morgan fingerprint density at radius 3 is 1.91 bits per heavy atom. The predicted molar refractivity (Wildman–Crippen MR) is 99.1 cm³/mol. The van der Waals surface area contributed by atoms with Gasteiger partial charge in [-0.2, -0.15) is 0 Å². The lowest BCUT2D eigenvalue weighted by Gasteiger charge is -2.09. The van der Waals surface area contributed by atoms with Crippen LogP contribution in [0.1, 0.15) is 21.9 Å². The van der Waals surface area contributed by atoms with Crippen molar-refractivity contribution in [1.82, 2.24) is 0 Å². The largest absolute Gasteiger partial charge is 0.356 e. The Labute approximate surface area is 158 Å². The van der Waals surface area contributed by atoms with E-state index < -0.39 is 119 Å². The molecule has 0 aliphatic carbocycles. The number of hydrogen-bond donors (Lipinski definition) is 1. The van der Waals surface area contributed by atoms with E-state index in [0.29, 0.717) is 0 Å². The van der Waals surface area contributed by atoms with Gasteiger partial charge < -0.3 is 5.32 Å². The van der Waals surface area contributed by atoms with Crippen LogP contribution in [0.5, 0.6) is 0 Å². The number of anilines is 2. The summed E-state index contributed by atoms with van der Waals surface area (Å²) in [6.45, 7) is 0. The highest BCUT2D eigenvalue weighted by Crippen LogP contribution is 2.25. The van der Waals surface area contributed by atoms with Crippen LogP contribution < -0.4 is 5.32 Å². The summed E-state index contributed by atoms with van der Waals surface area (Å²) in [5.41, 5.74) is -2.16. The van der Waals surface area contributed by atoms with Crippen LogP contribution in [0.15, 0.2) is 96.7 Å². The van der Waals surface area contributed by atoms with Crippen LogP contribution >= 0.6 is 0 Å².